The Balaban J connectivity index is 2.73. The lowest BCUT2D eigenvalue weighted by atomic mass is 10.1. The van der Waals surface area contributed by atoms with Crippen LogP contribution >= 0.6 is 0 Å². The molecule has 1 rings (SSSR count). The van der Waals surface area contributed by atoms with Gasteiger partial charge in [0.2, 0.25) is 5.91 Å². The molecule has 1 unspecified atom stereocenters. The highest BCUT2D eigenvalue weighted by Crippen LogP contribution is 2.15. The van der Waals surface area contributed by atoms with Crippen LogP contribution in [0.3, 0.4) is 0 Å². The van der Waals surface area contributed by atoms with Crippen molar-refractivity contribution in [1.82, 2.24) is 5.32 Å². The van der Waals surface area contributed by atoms with Crippen LogP contribution in [0.25, 0.3) is 0 Å². The molecule has 0 spiro atoms. The minimum Gasteiger partial charge on any atom is -0.350 e. The van der Waals surface area contributed by atoms with E-state index in [0.29, 0.717) is 0 Å². The topological polar surface area (TPSA) is 29.1 Å². The number of carbonyl (C=O) groups excluding carboxylic acids is 1. The average molecular weight is 177 g/mol. The number of hydrogen-bond acceptors (Lipinski definition) is 1. The second-order valence-corrected chi connectivity index (χ2v) is 3.07. The average Bonchev–Trinajstić information content (AvgIpc) is 2.15. The van der Waals surface area contributed by atoms with E-state index in [9.17, 15) is 4.79 Å². The molecule has 1 aromatic rings. The molecule has 0 bridgehead atoms. The molecule has 1 atom stereocenters. The van der Waals surface area contributed by atoms with Crippen LogP contribution in [0.2, 0.25) is 0 Å². The van der Waals surface area contributed by atoms with Gasteiger partial charge in [-0.25, -0.2) is 0 Å². The van der Waals surface area contributed by atoms with Crippen molar-refractivity contribution in [3.63, 3.8) is 0 Å². The summed E-state index contributed by atoms with van der Waals surface area (Å²) in [5.41, 5.74) is 1.17. The number of benzene rings is 1. The maximum absolute atomic E-state index is 10.9. The quantitative estimate of drug-likeness (QED) is 0.754. The number of carbonyl (C=O) groups is 1. The minimum atomic E-state index is 0.0238. The van der Waals surface area contributed by atoms with E-state index in [-0.39, 0.29) is 11.9 Å². The standard InChI is InChI=1S/C11H15NO/c1-3-11(12-9(2)13)10-7-5-4-6-8-10/h4-8,11H,3H2,1-2H3,(H,12,13). The van der Waals surface area contributed by atoms with E-state index in [1.807, 2.05) is 30.3 Å². The van der Waals surface area contributed by atoms with Crippen LogP contribution in [0.4, 0.5) is 0 Å². The lowest BCUT2D eigenvalue weighted by Gasteiger charge is -2.15. The van der Waals surface area contributed by atoms with Gasteiger partial charge in [-0.05, 0) is 12.0 Å². The van der Waals surface area contributed by atoms with E-state index < -0.39 is 0 Å². The zero-order chi connectivity index (χ0) is 9.68. The highest BCUT2D eigenvalue weighted by Gasteiger charge is 2.08. The fraction of sp³-hybridized carbons (Fsp3) is 0.364. The monoisotopic (exact) mass is 177 g/mol. The largest absolute Gasteiger partial charge is 0.350 e. The number of amides is 1. The molecule has 0 aliphatic rings. The fourth-order valence-corrected chi connectivity index (χ4v) is 1.35. The second kappa shape index (κ2) is 4.65. The van der Waals surface area contributed by atoms with Gasteiger partial charge >= 0.3 is 0 Å². The number of nitrogens with one attached hydrogen (secondary N) is 1. The zero-order valence-electron chi connectivity index (χ0n) is 8.08. The summed E-state index contributed by atoms with van der Waals surface area (Å²) in [7, 11) is 0. The van der Waals surface area contributed by atoms with Crippen LogP contribution < -0.4 is 5.32 Å². The van der Waals surface area contributed by atoms with Crippen molar-refractivity contribution in [3.8, 4) is 0 Å². The molecule has 0 aliphatic heterocycles. The van der Waals surface area contributed by atoms with Crippen LogP contribution in [0, 0.1) is 0 Å². The number of rotatable bonds is 3. The van der Waals surface area contributed by atoms with Gasteiger partial charge in [0.25, 0.3) is 0 Å². The Morgan fingerprint density at radius 1 is 1.38 bits per heavy atom. The molecule has 0 aromatic heterocycles. The lowest BCUT2D eigenvalue weighted by Crippen LogP contribution is -2.25. The molecule has 0 heterocycles. The van der Waals surface area contributed by atoms with Crippen molar-refractivity contribution in [2.45, 2.75) is 26.3 Å². The van der Waals surface area contributed by atoms with Crippen molar-refractivity contribution >= 4 is 5.91 Å². The Hall–Kier alpha value is -1.31. The van der Waals surface area contributed by atoms with Crippen molar-refractivity contribution < 1.29 is 4.79 Å². The van der Waals surface area contributed by atoms with Gasteiger partial charge in [0.05, 0.1) is 6.04 Å². The Bertz CT molecular complexity index is 269. The first-order valence-electron chi connectivity index (χ1n) is 4.56. The van der Waals surface area contributed by atoms with E-state index >= 15 is 0 Å². The van der Waals surface area contributed by atoms with Gasteiger partial charge in [-0.3, -0.25) is 4.79 Å². The van der Waals surface area contributed by atoms with Crippen LogP contribution in [-0.2, 0) is 4.79 Å². The van der Waals surface area contributed by atoms with Gasteiger partial charge in [0, 0.05) is 6.92 Å². The second-order valence-electron chi connectivity index (χ2n) is 3.07. The molecule has 0 saturated heterocycles. The van der Waals surface area contributed by atoms with E-state index in [1.165, 1.54) is 5.56 Å². The molecule has 70 valence electrons. The summed E-state index contributed by atoms with van der Waals surface area (Å²) in [5.74, 6) is 0.0238. The summed E-state index contributed by atoms with van der Waals surface area (Å²) < 4.78 is 0. The third-order valence-corrected chi connectivity index (χ3v) is 1.99. The third kappa shape index (κ3) is 2.90. The molecular weight excluding hydrogens is 162 g/mol. The first kappa shape index (κ1) is 9.78. The van der Waals surface area contributed by atoms with Gasteiger partial charge in [0.15, 0.2) is 0 Å². The fourth-order valence-electron chi connectivity index (χ4n) is 1.35. The molecule has 1 aromatic carbocycles. The summed E-state index contributed by atoms with van der Waals surface area (Å²) >= 11 is 0. The normalized spacial score (nSPS) is 12.2. The highest BCUT2D eigenvalue weighted by atomic mass is 16.1. The van der Waals surface area contributed by atoms with Gasteiger partial charge < -0.3 is 5.32 Å². The van der Waals surface area contributed by atoms with E-state index in [2.05, 4.69) is 12.2 Å². The van der Waals surface area contributed by atoms with Gasteiger partial charge in [-0.15, -0.1) is 0 Å². The van der Waals surface area contributed by atoms with Crippen LogP contribution in [0.5, 0.6) is 0 Å². The first-order valence-corrected chi connectivity index (χ1v) is 4.56. The van der Waals surface area contributed by atoms with E-state index in [4.69, 9.17) is 0 Å². The molecule has 0 aliphatic carbocycles. The molecule has 13 heavy (non-hydrogen) atoms. The Morgan fingerprint density at radius 3 is 2.46 bits per heavy atom. The molecule has 2 nitrogen and oxygen atoms in total. The van der Waals surface area contributed by atoms with Gasteiger partial charge in [-0.1, -0.05) is 37.3 Å². The Labute approximate surface area is 79.0 Å². The molecule has 0 saturated carbocycles. The molecular formula is C11H15NO. The van der Waals surface area contributed by atoms with Crippen molar-refractivity contribution in [2.24, 2.45) is 0 Å². The smallest absolute Gasteiger partial charge is 0.217 e. The van der Waals surface area contributed by atoms with Crippen molar-refractivity contribution in [3.05, 3.63) is 35.9 Å². The van der Waals surface area contributed by atoms with Crippen molar-refractivity contribution in [2.75, 3.05) is 0 Å². The minimum absolute atomic E-state index is 0.0238. The predicted molar refractivity (Wildman–Crippen MR) is 53.3 cm³/mol. The summed E-state index contributed by atoms with van der Waals surface area (Å²) in [6.07, 6.45) is 0.920. The Kier molecular flexibility index (Phi) is 3.50. The number of hydrogen-bond donors (Lipinski definition) is 1. The summed E-state index contributed by atoms with van der Waals surface area (Å²) in [6, 6.07) is 10.2. The maximum Gasteiger partial charge on any atom is 0.217 e. The van der Waals surface area contributed by atoms with Crippen LogP contribution in [0.1, 0.15) is 31.9 Å². The van der Waals surface area contributed by atoms with Gasteiger partial charge in [-0.2, -0.15) is 0 Å². The predicted octanol–water partition coefficient (Wildman–Crippen LogP) is 2.27. The molecule has 0 radical (unpaired) electrons. The van der Waals surface area contributed by atoms with Crippen LogP contribution in [-0.4, -0.2) is 5.91 Å². The van der Waals surface area contributed by atoms with Gasteiger partial charge in [0.1, 0.15) is 0 Å². The molecule has 0 fully saturated rings. The summed E-state index contributed by atoms with van der Waals surface area (Å²) in [5, 5.41) is 2.91. The van der Waals surface area contributed by atoms with E-state index in [0.717, 1.165) is 6.42 Å². The highest BCUT2D eigenvalue weighted by molar-refractivity contribution is 5.73. The van der Waals surface area contributed by atoms with Crippen LogP contribution in [0.15, 0.2) is 30.3 Å². The first-order chi connectivity index (χ1) is 6.24. The SMILES string of the molecule is CCC(NC(C)=O)c1ccccc1. The summed E-state index contributed by atoms with van der Waals surface area (Å²) in [6.45, 7) is 3.61. The Morgan fingerprint density at radius 2 is 2.00 bits per heavy atom. The van der Waals surface area contributed by atoms with E-state index in [1.54, 1.807) is 6.92 Å². The molecule has 1 N–H and O–H groups in total. The summed E-state index contributed by atoms with van der Waals surface area (Å²) in [4.78, 5) is 10.9. The van der Waals surface area contributed by atoms with Crippen molar-refractivity contribution in [1.29, 1.82) is 0 Å². The third-order valence-electron chi connectivity index (χ3n) is 1.99. The zero-order valence-corrected chi connectivity index (χ0v) is 8.08. The molecule has 1 amide bonds. The molecule has 2 heteroatoms. The lowest BCUT2D eigenvalue weighted by molar-refractivity contribution is -0.119. The maximum atomic E-state index is 10.9.